The summed E-state index contributed by atoms with van der Waals surface area (Å²) < 4.78 is 10.6. The lowest BCUT2D eigenvalue weighted by Gasteiger charge is -2.13. The topological polar surface area (TPSA) is 64.6 Å². The highest BCUT2D eigenvalue weighted by molar-refractivity contribution is 6.07. The lowest BCUT2D eigenvalue weighted by atomic mass is 10.1. The van der Waals surface area contributed by atoms with Crippen molar-refractivity contribution < 1.29 is 19.1 Å². The smallest absolute Gasteiger partial charge is 0.337 e. The number of esters is 1. The fourth-order valence-electron chi connectivity index (χ4n) is 2.55. The van der Waals surface area contributed by atoms with Crippen LogP contribution in [0, 0.1) is 6.92 Å². The molecule has 0 saturated carbocycles. The summed E-state index contributed by atoms with van der Waals surface area (Å²) in [6.45, 7) is 1.85. The second-order valence-electron chi connectivity index (χ2n) is 5.89. The zero-order chi connectivity index (χ0) is 19.2. The van der Waals surface area contributed by atoms with Gasteiger partial charge in [0.05, 0.1) is 18.2 Å². The molecule has 0 aromatic heterocycles. The molecule has 5 nitrogen and oxygen atoms in total. The average Bonchev–Trinajstić information content (AvgIpc) is 2.70. The van der Waals surface area contributed by atoms with Crippen LogP contribution in [0.5, 0.6) is 11.5 Å². The van der Waals surface area contributed by atoms with Crippen LogP contribution in [0.1, 0.15) is 26.3 Å². The molecule has 0 aliphatic rings. The number of benzene rings is 3. The molecule has 1 N–H and O–H groups in total. The number of methoxy groups -OCH3 is 1. The van der Waals surface area contributed by atoms with Crippen molar-refractivity contribution in [1.29, 1.82) is 0 Å². The zero-order valence-electron chi connectivity index (χ0n) is 15.1. The van der Waals surface area contributed by atoms with Crippen molar-refractivity contribution >= 4 is 17.6 Å². The molecule has 136 valence electrons. The molecular formula is C22H19NO4. The third-order valence-electron chi connectivity index (χ3n) is 4.01. The maximum Gasteiger partial charge on any atom is 0.337 e. The molecule has 0 spiro atoms. The van der Waals surface area contributed by atoms with Crippen molar-refractivity contribution in [3.8, 4) is 11.5 Å². The van der Waals surface area contributed by atoms with E-state index in [1.54, 1.807) is 42.5 Å². The van der Waals surface area contributed by atoms with E-state index in [4.69, 9.17) is 9.47 Å². The normalized spacial score (nSPS) is 10.1. The van der Waals surface area contributed by atoms with Gasteiger partial charge in [-0.05, 0) is 48.9 Å². The summed E-state index contributed by atoms with van der Waals surface area (Å²) in [7, 11) is 1.32. The van der Waals surface area contributed by atoms with Crippen LogP contribution >= 0.6 is 0 Å². The number of anilines is 1. The van der Waals surface area contributed by atoms with E-state index in [2.05, 4.69) is 5.32 Å². The van der Waals surface area contributed by atoms with Crippen LogP contribution in [-0.4, -0.2) is 19.0 Å². The molecule has 27 heavy (non-hydrogen) atoms. The van der Waals surface area contributed by atoms with Crippen LogP contribution in [0.15, 0.2) is 72.8 Å². The highest BCUT2D eigenvalue weighted by Gasteiger charge is 2.15. The Labute approximate surface area is 157 Å². The minimum absolute atomic E-state index is 0.327. The van der Waals surface area contributed by atoms with Crippen molar-refractivity contribution in [2.24, 2.45) is 0 Å². The van der Waals surface area contributed by atoms with Crippen LogP contribution in [0.2, 0.25) is 0 Å². The van der Waals surface area contributed by atoms with Gasteiger partial charge in [0.1, 0.15) is 11.5 Å². The van der Waals surface area contributed by atoms with Gasteiger partial charge in [0.15, 0.2) is 0 Å². The highest BCUT2D eigenvalue weighted by Crippen LogP contribution is 2.26. The van der Waals surface area contributed by atoms with Gasteiger partial charge in [-0.3, -0.25) is 4.79 Å². The molecule has 0 saturated heterocycles. The number of amides is 1. The Morgan fingerprint density at radius 2 is 1.59 bits per heavy atom. The van der Waals surface area contributed by atoms with Gasteiger partial charge in [-0.15, -0.1) is 0 Å². The SMILES string of the molecule is COC(=O)c1ccc(C)c(NC(=O)c2ccccc2Oc2ccccc2)c1. The third-order valence-corrected chi connectivity index (χ3v) is 4.01. The van der Waals surface area contributed by atoms with Crippen molar-refractivity contribution in [2.75, 3.05) is 12.4 Å². The average molecular weight is 361 g/mol. The number of hydrogen-bond donors (Lipinski definition) is 1. The van der Waals surface area contributed by atoms with Gasteiger partial charge in [0.2, 0.25) is 0 Å². The first-order valence-electron chi connectivity index (χ1n) is 8.40. The summed E-state index contributed by atoms with van der Waals surface area (Å²) in [4.78, 5) is 24.6. The molecule has 0 radical (unpaired) electrons. The number of ether oxygens (including phenoxy) is 2. The number of nitrogens with one attached hydrogen (secondary N) is 1. The van der Waals surface area contributed by atoms with Crippen LogP contribution in [0.25, 0.3) is 0 Å². The maximum atomic E-state index is 12.8. The molecule has 0 aliphatic carbocycles. The standard InChI is InChI=1S/C22H19NO4/c1-15-12-13-16(22(25)26-2)14-19(15)23-21(24)18-10-6-7-11-20(18)27-17-8-4-3-5-9-17/h3-14H,1-2H3,(H,23,24). The third kappa shape index (κ3) is 4.33. The van der Waals surface area contributed by atoms with Crippen molar-refractivity contribution in [2.45, 2.75) is 6.92 Å². The van der Waals surface area contributed by atoms with Crippen LogP contribution in [0.3, 0.4) is 0 Å². The molecule has 1 amide bonds. The molecule has 0 aliphatic heterocycles. The van der Waals surface area contributed by atoms with E-state index in [-0.39, 0.29) is 5.91 Å². The minimum atomic E-state index is -0.460. The molecular weight excluding hydrogens is 342 g/mol. The Kier molecular flexibility index (Phi) is 5.52. The van der Waals surface area contributed by atoms with Crippen molar-refractivity contribution in [3.05, 3.63) is 89.5 Å². The van der Waals surface area contributed by atoms with E-state index < -0.39 is 5.97 Å². The first-order chi connectivity index (χ1) is 13.1. The molecule has 0 atom stereocenters. The molecule has 3 rings (SSSR count). The van der Waals surface area contributed by atoms with E-state index in [1.165, 1.54) is 7.11 Å². The van der Waals surface area contributed by atoms with E-state index in [1.807, 2.05) is 37.3 Å². The monoisotopic (exact) mass is 361 g/mol. The highest BCUT2D eigenvalue weighted by atomic mass is 16.5. The number of aryl methyl sites for hydroxylation is 1. The summed E-state index contributed by atoms with van der Waals surface area (Å²) >= 11 is 0. The molecule has 0 bridgehead atoms. The fourth-order valence-corrected chi connectivity index (χ4v) is 2.55. The Morgan fingerprint density at radius 3 is 2.33 bits per heavy atom. The number of rotatable bonds is 5. The molecule has 5 heteroatoms. The predicted octanol–water partition coefficient (Wildman–Crippen LogP) is 4.83. The molecule has 3 aromatic rings. The maximum absolute atomic E-state index is 12.8. The van der Waals surface area contributed by atoms with E-state index in [0.29, 0.717) is 28.3 Å². The molecule has 3 aromatic carbocycles. The fraction of sp³-hybridized carbons (Fsp3) is 0.0909. The van der Waals surface area contributed by atoms with E-state index in [9.17, 15) is 9.59 Å². The summed E-state index contributed by atoms with van der Waals surface area (Å²) in [5.41, 5.74) is 2.13. The number of carbonyl (C=O) groups excluding carboxylic acids is 2. The second-order valence-corrected chi connectivity index (χ2v) is 5.89. The molecule has 0 fully saturated rings. The van der Waals surface area contributed by atoms with Gasteiger partial charge in [-0.1, -0.05) is 36.4 Å². The predicted molar refractivity (Wildman–Crippen MR) is 103 cm³/mol. The lowest BCUT2D eigenvalue weighted by Crippen LogP contribution is -2.14. The quantitative estimate of drug-likeness (QED) is 0.661. The Balaban J connectivity index is 1.86. The van der Waals surface area contributed by atoms with Crippen LogP contribution < -0.4 is 10.1 Å². The van der Waals surface area contributed by atoms with Gasteiger partial charge in [0, 0.05) is 5.69 Å². The van der Waals surface area contributed by atoms with Crippen LogP contribution in [-0.2, 0) is 4.74 Å². The van der Waals surface area contributed by atoms with Crippen molar-refractivity contribution in [1.82, 2.24) is 0 Å². The van der Waals surface area contributed by atoms with Gasteiger partial charge < -0.3 is 14.8 Å². The summed E-state index contributed by atoms with van der Waals surface area (Å²) in [5.74, 6) is 0.301. The van der Waals surface area contributed by atoms with E-state index >= 15 is 0 Å². The zero-order valence-corrected chi connectivity index (χ0v) is 15.1. The first kappa shape index (κ1) is 18.2. The number of hydrogen-bond acceptors (Lipinski definition) is 4. The number of carbonyl (C=O) groups is 2. The lowest BCUT2D eigenvalue weighted by molar-refractivity contribution is 0.0600. The van der Waals surface area contributed by atoms with Gasteiger partial charge in [0.25, 0.3) is 5.91 Å². The summed E-state index contributed by atoms with van der Waals surface area (Å²) in [6, 6.07) is 21.3. The van der Waals surface area contributed by atoms with Gasteiger partial charge >= 0.3 is 5.97 Å². The number of para-hydroxylation sites is 2. The Hall–Kier alpha value is -3.60. The molecule has 0 unspecified atom stereocenters. The second kappa shape index (κ2) is 8.19. The Bertz CT molecular complexity index is 967. The summed E-state index contributed by atoms with van der Waals surface area (Å²) in [5, 5.41) is 2.85. The summed E-state index contributed by atoms with van der Waals surface area (Å²) in [6.07, 6.45) is 0. The van der Waals surface area contributed by atoms with Gasteiger partial charge in [-0.25, -0.2) is 4.79 Å². The van der Waals surface area contributed by atoms with Crippen LogP contribution in [0.4, 0.5) is 5.69 Å². The molecule has 0 heterocycles. The van der Waals surface area contributed by atoms with E-state index in [0.717, 1.165) is 5.56 Å². The largest absolute Gasteiger partial charge is 0.465 e. The Morgan fingerprint density at radius 1 is 0.889 bits per heavy atom. The van der Waals surface area contributed by atoms with Gasteiger partial charge in [-0.2, -0.15) is 0 Å². The minimum Gasteiger partial charge on any atom is -0.465 e. The van der Waals surface area contributed by atoms with Crippen molar-refractivity contribution in [3.63, 3.8) is 0 Å². The first-order valence-corrected chi connectivity index (χ1v) is 8.40.